The Kier molecular flexibility index (Phi) is 18.2. The maximum absolute atomic E-state index is 12.4. The number of hydrogen-bond donors (Lipinski definition) is 0. The maximum atomic E-state index is 12.4. The monoisotopic (exact) mass is 492 g/mol. The second-order valence-corrected chi connectivity index (χ2v) is 9.98. The molecule has 0 fully saturated rings. The Balaban J connectivity index is 2.27. The predicted octanol–water partition coefficient (Wildman–Crippen LogP) is 9.55. The summed E-state index contributed by atoms with van der Waals surface area (Å²) in [5.74, 6) is 0.844. The number of unbranched alkanes of at least 4 members (excludes halogenated alkanes) is 16. The normalized spacial score (nSPS) is 11.1. The van der Waals surface area contributed by atoms with Crippen LogP contribution in [0.15, 0.2) is 4.42 Å². The lowest BCUT2D eigenvalue weighted by Crippen LogP contribution is -2.12. The van der Waals surface area contributed by atoms with Gasteiger partial charge in [0.15, 0.2) is 0 Å². The molecule has 0 bridgehead atoms. The molecule has 5 heteroatoms. The zero-order chi connectivity index (χ0) is 25.7. The number of carbonyl (C=O) groups is 2. The third kappa shape index (κ3) is 15.0. The van der Waals surface area contributed by atoms with Crippen LogP contribution in [0.5, 0.6) is 11.5 Å². The van der Waals surface area contributed by atoms with Crippen molar-refractivity contribution in [1.29, 1.82) is 0 Å². The van der Waals surface area contributed by atoms with Crippen LogP contribution in [0.1, 0.15) is 154 Å². The molecule has 35 heavy (non-hydrogen) atoms. The van der Waals surface area contributed by atoms with E-state index in [1.807, 2.05) is 0 Å². The highest BCUT2D eigenvalue weighted by atomic mass is 16.6. The fourth-order valence-corrected chi connectivity index (χ4v) is 4.37. The van der Waals surface area contributed by atoms with E-state index in [0.717, 1.165) is 38.5 Å². The Morgan fingerprint density at radius 1 is 0.514 bits per heavy atom. The number of rotatable bonds is 22. The summed E-state index contributed by atoms with van der Waals surface area (Å²) in [6.07, 6.45) is 22.3. The summed E-state index contributed by atoms with van der Waals surface area (Å²) in [6.45, 7) is 7.92. The van der Waals surface area contributed by atoms with Crippen molar-refractivity contribution in [2.75, 3.05) is 0 Å². The molecule has 0 amide bonds. The Labute approximate surface area is 214 Å². The van der Waals surface area contributed by atoms with Crippen LogP contribution in [-0.4, -0.2) is 11.9 Å². The minimum atomic E-state index is -0.298. The third-order valence-corrected chi connectivity index (χ3v) is 6.55. The second-order valence-electron chi connectivity index (χ2n) is 9.98. The van der Waals surface area contributed by atoms with Crippen LogP contribution in [0.25, 0.3) is 0 Å². The SMILES string of the molecule is CCCCCCCCCCCC(=O)Oc1c(C)oc(C)c1OC(=O)CCCCCCCCCCC. The Bertz CT molecular complexity index is 635. The van der Waals surface area contributed by atoms with Crippen LogP contribution in [0.4, 0.5) is 0 Å². The second kappa shape index (κ2) is 20.4. The summed E-state index contributed by atoms with van der Waals surface area (Å²) >= 11 is 0. The van der Waals surface area contributed by atoms with Crippen molar-refractivity contribution < 1.29 is 23.5 Å². The van der Waals surface area contributed by atoms with E-state index < -0.39 is 0 Å². The fraction of sp³-hybridized carbons (Fsp3) is 0.800. The van der Waals surface area contributed by atoms with Crippen molar-refractivity contribution in [3.63, 3.8) is 0 Å². The molecule has 1 aromatic heterocycles. The van der Waals surface area contributed by atoms with Crippen molar-refractivity contribution in [1.82, 2.24) is 0 Å². The van der Waals surface area contributed by atoms with Gasteiger partial charge in [-0.2, -0.15) is 0 Å². The fourth-order valence-electron chi connectivity index (χ4n) is 4.37. The lowest BCUT2D eigenvalue weighted by Gasteiger charge is -2.08. The topological polar surface area (TPSA) is 65.7 Å². The van der Waals surface area contributed by atoms with Crippen molar-refractivity contribution >= 4 is 11.9 Å². The Hall–Kier alpha value is -1.78. The highest BCUT2D eigenvalue weighted by molar-refractivity contribution is 5.77. The van der Waals surface area contributed by atoms with Crippen LogP contribution in [0.2, 0.25) is 0 Å². The quantitative estimate of drug-likeness (QED) is 0.119. The molecule has 0 saturated carbocycles. The van der Waals surface area contributed by atoms with Crippen LogP contribution < -0.4 is 9.47 Å². The number of ether oxygens (including phenoxy) is 2. The van der Waals surface area contributed by atoms with E-state index in [4.69, 9.17) is 13.9 Å². The molecule has 5 nitrogen and oxygen atoms in total. The molecule has 1 heterocycles. The first-order chi connectivity index (χ1) is 17.0. The van der Waals surface area contributed by atoms with Gasteiger partial charge in [-0.25, -0.2) is 0 Å². The van der Waals surface area contributed by atoms with Gasteiger partial charge >= 0.3 is 11.9 Å². The average molecular weight is 493 g/mol. The highest BCUT2D eigenvalue weighted by Crippen LogP contribution is 2.38. The minimum absolute atomic E-state index is 0.254. The molecular formula is C30H52O5. The summed E-state index contributed by atoms with van der Waals surface area (Å²) in [5.41, 5.74) is 0. The van der Waals surface area contributed by atoms with Gasteiger partial charge in [-0.15, -0.1) is 0 Å². The molecule has 1 aromatic rings. The molecule has 0 aliphatic carbocycles. The van der Waals surface area contributed by atoms with Crippen molar-refractivity contribution in [3.8, 4) is 11.5 Å². The van der Waals surface area contributed by atoms with E-state index in [-0.39, 0.29) is 23.4 Å². The molecular weight excluding hydrogens is 440 g/mol. The zero-order valence-electron chi connectivity index (χ0n) is 23.2. The van der Waals surface area contributed by atoms with Crippen LogP contribution >= 0.6 is 0 Å². The van der Waals surface area contributed by atoms with Crippen molar-refractivity contribution in [3.05, 3.63) is 11.5 Å². The standard InChI is InChI=1S/C30H52O5/c1-5-7-9-11-13-15-17-19-21-23-27(31)34-29-25(3)33-26(4)30(29)35-28(32)24-22-20-18-16-14-12-10-8-6-2/h5-24H2,1-4H3. The van der Waals surface area contributed by atoms with E-state index in [2.05, 4.69) is 13.8 Å². The number of aryl methyl sites for hydroxylation is 2. The van der Waals surface area contributed by atoms with Crippen LogP contribution in [0, 0.1) is 13.8 Å². The number of esters is 2. The van der Waals surface area contributed by atoms with Crippen molar-refractivity contribution in [2.24, 2.45) is 0 Å². The lowest BCUT2D eigenvalue weighted by molar-refractivity contribution is -0.137. The molecule has 0 radical (unpaired) electrons. The van der Waals surface area contributed by atoms with Gasteiger partial charge in [-0.1, -0.05) is 117 Å². The van der Waals surface area contributed by atoms with Gasteiger partial charge in [-0.3, -0.25) is 9.59 Å². The molecule has 0 N–H and O–H groups in total. The van der Waals surface area contributed by atoms with E-state index in [1.165, 1.54) is 77.0 Å². The number of furan rings is 1. The summed E-state index contributed by atoms with van der Waals surface area (Å²) in [4.78, 5) is 24.7. The first kappa shape index (κ1) is 31.3. The molecule has 0 spiro atoms. The van der Waals surface area contributed by atoms with Gasteiger partial charge in [0, 0.05) is 12.8 Å². The summed E-state index contributed by atoms with van der Waals surface area (Å²) < 4.78 is 16.7. The van der Waals surface area contributed by atoms with Gasteiger partial charge in [0.1, 0.15) is 11.5 Å². The van der Waals surface area contributed by atoms with Gasteiger partial charge < -0.3 is 13.9 Å². The lowest BCUT2D eigenvalue weighted by atomic mass is 10.1. The van der Waals surface area contributed by atoms with Crippen LogP contribution in [-0.2, 0) is 9.59 Å². The van der Waals surface area contributed by atoms with Gasteiger partial charge in [0.2, 0.25) is 11.5 Å². The van der Waals surface area contributed by atoms with Gasteiger partial charge in [0.25, 0.3) is 0 Å². The zero-order valence-corrected chi connectivity index (χ0v) is 23.2. The molecule has 0 aliphatic heterocycles. The first-order valence-electron chi connectivity index (χ1n) is 14.5. The average Bonchev–Trinajstić information content (AvgIpc) is 3.08. The predicted molar refractivity (Wildman–Crippen MR) is 143 cm³/mol. The first-order valence-corrected chi connectivity index (χ1v) is 14.5. The van der Waals surface area contributed by atoms with Gasteiger partial charge in [-0.05, 0) is 26.7 Å². The van der Waals surface area contributed by atoms with Crippen molar-refractivity contribution in [2.45, 2.75) is 156 Å². The minimum Gasteiger partial charge on any atom is -0.459 e. The summed E-state index contributed by atoms with van der Waals surface area (Å²) in [7, 11) is 0. The van der Waals surface area contributed by atoms with E-state index in [9.17, 15) is 9.59 Å². The Morgan fingerprint density at radius 3 is 1.11 bits per heavy atom. The molecule has 0 aromatic carbocycles. The molecule has 0 saturated heterocycles. The highest BCUT2D eigenvalue weighted by Gasteiger charge is 2.23. The summed E-state index contributed by atoms with van der Waals surface area (Å²) in [6, 6.07) is 0. The van der Waals surface area contributed by atoms with E-state index >= 15 is 0 Å². The van der Waals surface area contributed by atoms with E-state index in [1.54, 1.807) is 13.8 Å². The largest absolute Gasteiger partial charge is 0.459 e. The Morgan fingerprint density at radius 2 is 0.800 bits per heavy atom. The van der Waals surface area contributed by atoms with Gasteiger partial charge in [0.05, 0.1) is 0 Å². The number of carbonyl (C=O) groups excluding carboxylic acids is 2. The van der Waals surface area contributed by atoms with Crippen LogP contribution in [0.3, 0.4) is 0 Å². The van der Waals surface area contributed by atoms with E-state index in [0.29, 0.717) is 24.4 Å². The summed E-state index contributed by atoms with van der Waals surface area (Å²) in [5, 5.41) is 0. The smallest absolute Gasteiger partial charge is 0.311 e. The molecule has 0 aliphatic rings. The molecule has 0 unspecified atom stereocenters. The third-order valence-electron chi connectivity index (χ3n) is 6.55. The molecule has 0 atom stereocenters. The molecule has 202 valence electrons. The maximum Gasteiger partial charge on any atom is 0.311 e. The number of hydrogen-bond acceptors (Lipinski definition) is 5. The molecule has 1 rings (SSSR count).